The van der Waals surface area contributed by atoms with E-state index in [0.717, 1.165) is 17.8 Å². The fraction of sp³-hybridized carbons (Fsp3) is 0.700. The molecule has 0 nitrogen and oxygen atoms in total. The van der Waals surface area contributed by atoms with E-state index in [1.165, 1.54) is 24.0 Å². The lowest BCUT2D eigenvalue weighted by Gasteiger charge is -2.28. The molecule has 1 heteroatoms. The smallest absolute Gasteiger partial charge is 0.0614 e. The van der Waals surface area contributed by atoms with Crippen molar-refractivity contribution in [1.82, 2.24) is 0 Å². The Morgan fingerprint density at radius 1 is 0.714 bits per heavy atom. The van der Waals surface area contributed by atoms with Gasteiger partial charge in [0.15, 0.2) is 0 Å². The van der Waals surface area contributed by atoms with Gasteiger partial charge in [-0.05, 0) is 24.7 Å². The molecular weight excluding hydrogens is 271 g/mol. The van der Waals surface area contributed by atoms with Gasteiger partial charge in [-0.15, -0.1) is 0 Å². The predicted molar refractivity (Wildman–Crippen MR) is 103 cm³/mol. The summed E-state index contributed by atoms with van der Waals surface area (Å²) in [5.41, 5.74) is 1.32. The van der Waals surface area contributed by atoms with E-state index in [4.69, 9.17) is 0 Å². The molecule has 0 aliphatic rings. The molecule has 0 fully saturated rings. The molecule has 0 radical (unpaired) electrons. The summed E-state index contributed by atoms with van der Waals surface area (Å²) in [6.07, 6.45) is 4.47. The molecule has 0 bridgehead atoms. The standard InChI is InChI=1S/C13H30P.C7H8/c1-11(2)8-14(7,9-12(3)4)10-13(5)6;1-7-5-3-2-4-6-7/h11-13H,8-10H2,1-7H3;2-6H,1H3/q+1;. The minimum absolute atomic E-state index is 0.638. The molecule has 1 rings (SSSR count). The van der Waals surface area contributed by atoms with Gasteiger partial charge in [-0.2, -0.15) is 0 Å². The topological polar surface area (TPSA) is 0 Å². The number of hydrogen-bond acceptors (Lipinski definition) is 0. The van der Waals surface area contributed by atoms with Gasteiger partial charge in [0.1, 0.15) is 0 Å². The van der Waals surface area contributed by atoms with Crippen molar-refractivity contribution in [2.24, 2.45) is 17.8 Å². The van der Waals surface area contributed by atoms with Crippen LogP contribution in [0.5, 0.6) is 0 Å². The summed E-state index contributed by atoms with van der Waals surface area (Å²) in [6, 6.07) is 10.3. The first-order valence-electron chi connectivity index (χ1n) is 8.50. The Hall–Kier alpha value is -0.350. The third-order valence-corrected chi connectivity index (χ3v) is 8.19. The minimum atomic E-state index is -0.638. The summed E-state index contributed by atoms with van der Waals surface area (Å²) >= 11 is 0. The van der Waals surface area contributed by atoms with E-state index >= 15 is 0 Å². The molecule has 0 heterocycles. The van der Waals surface area contributed by atoms with Crippen molar-refractivity contribution in [3.05, 3.63) is 35.9 Å². The van der Waals surface area contributed by atoms with Gasteiger partial charge in [-0.25, -0.2) is 0 Å². The van der Waals surface area contributed by atoms with Crippen molar-refractivity contribution in [3.63, 3.8) is 0 Å². The molecule has 0 aliphatic carbocycles. The maximum absolute atomic E-state index is 2.59. The zero-order valence-electron chi connectivity index (χ0n) is 15.7. The molecule has 1 aromatic rings. The van der Waals surface area contributed by atoms with Gasteiger partial charge in [-0.1, -0.05) is 77.4 Å². The highest BCUT2D eigenvalue weighted by Gasteiger charge is 2.33. The Morgan fingerprint density at radius 2 is 1.05 bits per heavy atom. The zero-order chi connectivity index (χ0) is 16.5. The van der Waals surface area contributed by atoms with Crippen LogP contribution in [0.1, 0.15) is 47.1 Å². The van der Waals surface area contributed by atoms with Crippen molar-refractivity contribution < 1.29 is 0 Å². The maximum atomic E-state index is 2.59. The molecule has 0 N–H and O–H groups in total. The van der Waals surface area contributed by atoms with Crippen LogP contribution in [0.2, 0.25) is 0 Å². The first-order valence-corrected chi connectivity index (χ1v) is 11.3. The average Bonchev–Trinajstić information content (AvgIpc) is 2.26. The van der Waals surface area contributed by atoms with Gasteiger partial charge in [0.05, 0.1) is 18.5 Å². The van der Waals surface area contributed by atoms with Crippen molar-refractivity contribution in [1.29, 1.82) is 0 Å². The largest absolute Gasteiger partial charge is 0.0622 e. The van der Waals surface area contributed by atoms with Crippen LogP contribution in [-0.4, -0.2) is 25.2 Å². The minimum Gasteiger partial charge on any atom is -0.0622 e. The average molecular weight is 309 g/mol. The van der Waals surface area contributed by atoms with Gasteiger partial charge in [0.25, 0.3) is 0 Å². The summed E-state index contributed by atoms with van der Waals surface area (Å²) in [5, 5.41) is 0. The molecule has 0 saturated heterocycles. The van der Waals surface area contributed by atoms with Gasteiger partial charge in [-0.3, -0.25) is 0 Å². The van der Waals surface area contributed by atoms with E-state index < -0.39 is 7.26 Å². The van der Waals surface area contributed by atoms with Crippen LogP contribution >= 0.6 is 7.26 Å². The highest BCUT2D eigenvalue weighted by atomic mass is 31.2. The highest BCUT2D eigenvalue weighted by molar-refractivity contribution is 7.75. The molecule has 0 saturated carbocycles. The van der Waals surface area contributed by atoms with Crippen molar-refractivity contribution in [2.45, 2.75) is 48.5 Å². The molecule has 0 spiro atoms. The SMILES string of the molecule is CC(C)C[P+](C)(CC(C)C)CC(C)C.Cc1ccccc1. The number of benzene rings is 1. The molecule has 1 aromatic carbocycles. The van der Waals surface area contributed by atoms with Crippen LogP contribution in [0.15, 0.2) is 30.3 Å². The van der Waals surface area contributed by atoms with Crippen LogP contribution in [0.25, 0.3) is 0 Å². The number of rotatable bonds is 6. The highest BCUT2D eigenvalue weighted by Crippen LogP contribution is 2.58. The summed E-state index contributed by atoms with van der Waals surface area (Å²) in [5.74, 6) is 2.64. The van der Waals surface area contributed by atoms with Crippen LogP contribution in [0, 0.1) is 24.7 Å². The van der Waals surface area contributed by atoms with Crippen LogP contribution in [0.4, 0.5) is 0 Å². The van der Waals surface area contributed by atoms with Crippen molar-refractivity contribution in [3.8, 4) is 0 Å². The van der Waals surface area contributed by atoms with Crippen LogP contribution in [0.3, 0.4) is 0 Å². The fourth-order valence-corrected chi connectivity index (χ4v) is 9.14. The molecule has 21 heavy (non-hydrogen) atoms. The third kappa shape index (κ3) is 11.9. The number of aryl methyl sites for hydroxylation is 1. The van der Waals surface area contributed by atoms with E-state index in [1.54, 1.807) is 0 Å². The van der Waals surface area contributed by atoms with Crippen molar-refractivity contribution >= 4 is 7.26 Å². The maximum Gasteiger partial charge on any atom is 0.0614 e. The molecule has 0 unspecified atom stereocenters. The Labute approximate surface area is 135 Å². The summed E-state index contributed by atoms with van der Waals surface area (Å²) in [4.78, 5) is 0. The Morgan fingerprint density at radius 3 is 1.24 bits per heavy atom. The zero-order valence-corrected chi connectivity index (χ0v) is 16.6. The lowest BCUT2D eigenvalue weighted by molar-refractivity contribution is 0.687. The normalized spacial score (nSPS) is 11.8. The molecule has 0 atom stereocenters. The second-order valence-electron chi connectivity index (χ2n) is 8.00. The fourth-order valence-electron chi connectivity index (χ4n) is 3.40. The van der Waals surface area contributed by atoms with E-state index in [-0.39, 0.29) is 0 Å². The summed E-state index contributed by atoms with van der Waals surface area (Å²) in [7, 11) is -0.638. The van der Waals surface area contributed by atoms with Crippen molar-refractivity contribution in [2.75, 3.05) is 25.2 Å². The Balaban J connectivity index is 0.000000471. The number of hydrogen-bond donors (Lipinski definition) is 0. The second kappa shape index (κ2) is 10.4. The van der Waals surface area contributed by atoms with Crippen LogP contribution in [-0.2, 0) is 0 Å². The van der Waals surface area contributed by atoms with Gasteiger partial charge in [0.2, 0.25) is 0 Å². The Kier molecular flexibility index (Phi) is 10.2. The predicted octanol–water partition coefficient (Wildman–Crippen LogP) is 6.60. The quantitative estimate of drug-likeness (QED) is 0.519. The molecule has 122 valence electrons. The van der Waals surface area contributed by atoms with Gasteiger partial charge >= 0.3 is 0 Å². The summed E-state index contributed by atoms with van der Waals surface area (Å²) in [6.45, 7) is 18.9. The first kappa shape index (κ1) is 20.6. The third-order valence-electron chi connectivity index (χ3n) is 3.36. The second-order valence-corrected chi connectivity index (χ2v) is 12.3. The van der Waals surface area contributed by atoms with Gasteiger partial charge in [0, 0.05) is 13.9 Å². The molecule has 0 aromatic heterocycles. The van der Waals surface area contributed by atoms with E-state index in [2.05, 4.69) is 67.3 Å². The first-order chi connectivity index (χ1) is 9.64. The van der Waals surface area contributed by atoms with E-state index in [0.29, 0.717) is 0 Å². The van der Waals surface area contributed by atoms with Gasteiger partial charge < -0.3 is 0 Å². The summed E-state index contributed by atoms with van der Waals surface area (Å²) < 4.78 is 0. The monoisotopic (exact) mass is 309 g/mol. The van der Waals surface area contributed by atoms with Crippen LogP contribution < -0.4 is 0 Å². The lowest BCUT2D eigenvalue weighted by atomic mass is 10.2. The molecule has 0 amide bonds. The molecular formula is C20H38P+. The lowest BCUT2D eigenvalue weighted by Crippen LogP contribution is -2.16. The van der Waals surface area contributed by atoms with E-state index in [1.807, 2.05) is 18.2 Å². The molecule has 0 aliphatic heterocycles. The Bertz CT molecular complexity index is 325. The van der Waals surface area contributed by atoms with E-state index in [9.17, 15) is 0 Å².